The molecule has 0 bridgehead atoms. The normalized spacial score (nSPS) is 23.1. The fourth-order valence-electron chi connectivity index (χ4n) is 2.35. The van der Waals surface area contributed by atoms with Gasteiger partial charge in [-0.1, -0.05) is 13.8 Å². The van der Waals surface area contributed by atoms with E-state index in [4.69, 9.17) is 0 Å². The van der Waals surface area contributed by atoms with Gasteiger partial charge in [-0.2, -0.15) is 0 Å². The van der Waals surface area contributed by atoms with Gasteiger partial charge in [-0.05, 0) is 32.1 Å². The Balaban J connectivity index is 2.35. The molecule has 2 rings (SSSR count). The topological polar surface area (TPSA) is 41.9 Å². The molecule has 16 heavy (non-hydrogen) atoms. The monoisotopic (exact) mass is 220 g/mol. The van der Waals surface area contributed by atoms with Crippen LogP contribution < -0.4 is 4.90 Å². The van der Waals surface area contributed by atoms with Crippen LogP contribution in [0.2, 0.25) is 0 Å². The van der Waals surface area contributed by atoms with E-state index in [9.17, 15) is 0 Å². The highest BCUT2D eigenvalue weighted by atomic mass is 15.3. The summed E-state index contributed by atoms with van der Waals surface area (Å²) >= 11 is 0. The van der Waals surface area contributed by atoms with Gasteiger partial charge < -0.3 is 4.90 Å². The van der Waals surface area contributed by atoms with Crippen LogP contribution in [0.5, 0.6) is 0 Å². The number of anilines is 1. The molecule has 1 aromatic rings. The van der Waals surface area contributed by atoms with E-state index in [1.807, 2.05) is 0 Å². The molecule has 1 fully saturated rings. The van der Waals surface area contributed by atoms with Gasteiger partial charge in [0, 0.05) is 12.1 Å². The third-order valence-corrected chi connectivity index (χ3v) is 4.24. The first-order chi connectivity index (χ1) is 7.45. The maximum Gasteiger partial charge on any atom is 0.228 e. The van der Waals surface area contributed by atoms with E-state index in [1.54, 1.807) is 12.7 Å². The predicted octanol–water partition coefficient (Wildman–Crippen LogP) is 2.28. The molecular weight excluding hydrogens is 200 g/mol. The summed E-state index contributed by atoms with van der Waals surface area (Å²) in [5.41, 5.74) is 0.352. The van der Waals surface area contributed by atoms with Crippen molar-refractivity contribution in [2.24, 2.45) is 5.41 Å². The largest absolute Gasteiger partial charge is 0.335 e. The van der Waals surface area contributed by atoms with Gasteiger partial charge >= 0.3 is 0 Å². The third kappa shape index (κ3) is 1.66. The third-order valence-electron chi connectivity index (χ3n) is 4.24. The number of aromatic nitrogens is 3. The Morgan fingerprint density at radius 3 is 2.38 bits per heavy atom. The van der Waals surface area contributed by atoms with Crippen LogP contribution in [0.25, 0.3) is 0 Å². The van der Waals surface area contributed by atoms with Crippen molar-refractivity contribution in [2.45, 2.75) is 46.1 Å². The standard InChI is InChI=1S/C12H20N4/c1-11(2)6-5-7-16(12(11,3)4)10-14-8-13-9-15-10/h8-9H,5-7H2,1-4H3. The van der Waals surface area contributed by atoms with Crippen molar-refractivity contribution < 1.29 is 0 Å². The van der Waals surface area contributed by atoms with Crippen LogP contribution in [0.4, 0.5) is 5.95 Å². The molecule has 4 nitrogen and oxygen atoms in total. The molecule has 1 aromatic heterocycles. The lowest BCUT2D eigenvalue weighted by Crippen LogP contribution is -2.58. The molecule has 2 heterocycles. The molecule has 0 atom stereocenters. The zero-order valence-corrected chi connectivity index (χ0v) is 10.6. The Labute approximate surface area is 97.1 Å². The molecule has 0 saturated carbocycles. The molecule has 0 unspecified atom stereocenters. The van der Waals surface area contributed by atoms with E-state index in [1.165, 1.54) is 12.8 Å². The van der Waals surface area contributed by atoms with Crippen LogP contribution in [0, 0.1) is 5.41 Å². The summed E-state index contributed by atoms with van der Waals surface area (Å²) in [6.07, 6.45) is 5.59. The first kappa shape index (κ1) is 11.3. The molecule has 88 valence electrons. The highest BCUT2D eigenvalue weighted by molar-refractivity contribution is 5.35. The molecule has 1 aliphatic rings. The molecule has 0 spiro atoms. The molecule has 4 heteroatoms. The first-order valence-corrected chi connectivity index (χ1v) is 5.85. The SMILES string of the molecule is CC1(C)CCCN(c2ncncn2)C1(C)C. The Kier molecular flexibility index (Phi) is 2.60. The van der Waals surface area contributed by atoms with Gasteiger partial charge in [0.15, 0.2) is 0 Å². The van der Waals surface area contributed by atoms with Gasteiger partial charge in [0.05, 0.1) is 0 Å². The van der Waals surface area contributed by atoms with Crippen LogP contribution in [0.1, 0.15) is 40.5 Å². The average Bonchev–Trinajstić information content (AvgIpc) is 2.23. The number of piperidine rings is 1. The minimum absolute atomic E-state index is 0.0760. The fraction of sp³-hybridized carbons (Fsp3) is 0.750. The second-order valence-electron chi connectivity index (χ2n) is 5.64. The van der Waals surface area contributed by atoms with E-state index in [0.29, 0.717) is 0 Å². The van der Waals surface area contributed by atoms with E-state index in [2.05, 4.69) is 47.5 Å². The van der Waals surface area contributed by atoms with Crippen molar-refractivity contribution in [1.82, 2.24) is 15.0 Å². The maximum absolute atomic E-state index is 4.27. The van der Waals surface area contributed by atoms with Crippen LogP contribution in [0.3, 0.4) is 0 Å². The molecule has 0 radical (unpaired) electrons. The highest BCUT2D eigenvalue weighted by Gasteiger charge is 2.45. The molecular formula is C12H20N4. The van der Waals surface area contributed by atoms with Gasteiger partial charge in [-0.25, -0.2) is 15.0 Å². The second-order valence-corrected chi connectivity index (χ2v) is 5.64. The molecule has 0 N–H and O–H groups in total. The van der Waals surface area contributed by atoms with Crippen LogP contribution in [-0.2, 0) is 0 Å². The van der Waals surface area contributed by atoms with Gasteiger partial charge in [-0.15, -0.1) is 0 Å². The Morgan fingerprint density at radius 2 is 1.75 bits per heavy atom. The summed E-state index contributed by atoms with van der Waals surface area (Å²) in [4.78, 5) is 14.7. The summed E-state index contributed by atoms with van der Waals surface area (Å²) in [7, 11) is 0. The summed E-state index contributed by atoms with van der Waals surface area (Å²) < 4.78 is 0. The van der Waals surface area contributed by atoms with Gasteiger partial charge in [-0.3, -0.25) is 0 Å². The van der Waals surface area contributed by atoms with Gasteiger partial charge in [0.2, 0.25) is 5.95 Å². The zero-order chi connectivity index (χ0) is 11.8. The predicted molar refractivity (Wildman–Crippen MR) is 64.3 cm³/mol. The zero-order valence-electron chi connectivity index (χ0n) is 10.6. The van der Waals surface area contributed by atoms with E-state index >= 15 is 0 Å². The number of rotatable bonds is 1. The Hall–Kier alpha value is -1.19. The number of nitrogens with zero attached hydrogens (tertiary/aromatic N) is 4. The van der Waals surface area contributed by atoms with Crippen LogP contribution >= 0.6 is 0 Å². The lowest BCUT2D eigenvalue weighted by molar-refractivity contribution is 0.137. The highest BCUT2D eigenvalue weighted by Crippen LogP contribution is 2.44. The maximum atomic E-state index is 4.27. The van der Waals surface area contributed by atoms with Crippen LogP contribution in [0.15, 0.2) is 12.7 Å². The Bertz CT molecular complexity index is 359. The summed E-state index contributed by atoms with van der Waals surface area (Å²) in [5.74, 6) is 0.799. The molecule has 0 aliphatic carbocycles. The molecule has 1 saturated heterocycles. The van der Waals surface area contributed by atoms with Crippen molar-refractivity contribution in [3.05, 3.63) is 12.7 Å². The van der Waals surface area contributed by atoms with Crippen molar-refractivity contribution in [1.29, 1.82) is 0 Å². The van der Waals surface area contributed by atoms with Gasteiger partial charge in [0.1, 0.15) is 12.7 Å². The summed E-state index contributed by atoms with van der Waals surface area (Å²) in [6.45, 7) is 10.2. The van der Waals surface area contributed by atoms with E-state index < -0.39 is 0 Å². The number of hydrogen-bond acceptors (Lipinski definition) is 4. The van der Waals surface area contributed by atoms with Crippen molar-refractivity contribution in [2.75, 3.05) is 11.4 Å². The van der Waals surface area contributed by atoms with Crippen LogP contribution in [-0.4, -0.2) is 27.0 Å². The quantitative estimate of drug-likeness (QED) is 0.728. The van der Waals surface area contributed by atoms with E-state index in [0.717, 1.165) is 12.5 Å². The minimum atomic E-state index is 0.0760. The van der Waals surface area contributed by atoms with Crippen molar-refractivity contribution >= 4 is 5.95 Å². The lowest BCUT2D eigenvalue weighted by atomic mass is 9.68. The first-order valence-electron chi connectivity index (χ1n) is 5.85. The molecule has 1 aliphatic heterocycles. The van der Waals surface area contributed by atoms with Crippen molar-refractivity contribution in [3.8, 4) is 0 Å². The average molecular weight is 220 g/mol. The lowest BCUT2D eigenvalue weighted by Gasteiger charge is -2.53. The summed E-state index contributed by atoms with van der Waals surface area (Å²) in [5, 5.41) is 0. The molecule has 0 aromatic carbocycles. The van der Waals surface area contributed by atoms with E-state index in [-0.39, 0.29) is 11.0 Å². The second kappa shape index (κ2) is 3.68. The minimum Gasteiger partial charge on any atom is -0.335 e. The Morgan fingerprint density at radius 1 is 1.12 bits per heavy atom. The van der Waals surface area contributed by atoms with Crippen molar-refractivity contribution in [3.63, 3.8) is 0 Å². The number of hydrogen-bond donors (Lipinski definition) is 0. The smallest absolute Gasteiger partial charge is 0.228 e. The summed E-state index contributed by atoms with van der Waals surface area (Å²) in [6, 6.07) is 0. The van der Waals surface area contributed by atoms with Gasteiger partial charge in [0.25, 0.3) is 0 Å². The fourth-order valence-corrected chi connectivity index (χ4v) is 2.35. The molecule has 0 amide bonds.